The Balaban J connectivity index is 1.42. The number of anilines is 1. The molecular weight excluding hydrogens is 505 g/mol. The number of ketones is 1. The van der Waals surface area contributed by atoms with E-state index < -0.39 is 11.7 Å². The molecule has 7 nitrogen and oxygen atoms in total. The molecule has 0 atom stereocenters. The Bertz CT molecular complexity index is 1590. The van der Waals surface area contributed by atoms with E-state index in [2.05, 4.69) is 33.8 Å². The van der Waals surface area contributed by atoms with Crippen LogP contribution in [0.25, 0.3) is 11.0 Å². The average Bonchev–Trinajstić information content (AvgIpc) is 3.29. The second-order valence-corrected chi connectivity index (χ2v) is 9.86. The van der Waals surface area contributed by atoms with Gasteiger partial charge in [0.15, 0.2) is 11.4 Å². The number of aromatic nitrogens is 4. The van der Waals surface area contributed by atoms with Crippen molar-refractivity contribution in [3.8, 4) is 11.8 Å². The lowest BCUT2D eigenvalue weighted by molar-refractivity contribution is -0.137. The van der Waals surface area contributed by atoms with Crippen LogP contribution in [0.15, 0.2) is 48.8 Å². The van der Waals surface area contributed by atoms with Crippen LogP contribution in [0.5, 0.6) is 0 Å². The quantitative estimate of drug-likeness (QED) is 0.299. The van der Waals surface area contributed by atoms with E-state index >= 15 is 0 Å². The summed E-state index contributed by atoms with van der Waals surface area (Å²) in [4.78, 5) is 23.6. The number of carbonyl (C=O) groups excluding carboxylic acids is 1. The van der Waals surface area contributed by atoms with Crippen molar-refractivity contribution in [3.05, 3.63) is 82.3 Å². The van der Waals surface area contributed by atoms with E-state index in [0.29, 0.717) is 33.7 Å². The van der Waals surface area contributed by atoms with Crippen LogP contribution in [0.2, 0.25) is 0 Å². The first-order chi connectivity index (χ1) is 18.6. The second-order valence-electron chi connectivity index (χ2n) is 9.86. The van der Waals surface area contributed by atoms with Crippen LogP contribution in [0.3, 0.4) is 0 Å². The molecule has 2 aromatic carbocycles. The summed E-state index contributed by atoms with van der Waals surface area (Å²) >= 11 is 0. The van der Waals surface area contributed by atoms with Crippen LogP contribution >= 0.6 is 0 Å². The molecule has 0 aliphatic carbocycles. The van der Waals surface area contributed by atoms with E-state index in [9.17, 15) is 18.0 Å². The van der Waals surface area contributed by atoms with Gasteiger partial charge >= 0.3 is 6.18 Å². The highest BCUT2D eigenvalue weighted by Crippen LogP contribution is 2.30. The second kappa shape index (κ2) is 10.5. The summed E-state index contributed by atoms with van der Waals surface area (Å²) in [5, 5.41) is 5.41. The number of benzene rings is 2. The molecule has 39 heavy (non-hydrogen) atoms. The predicted molar refractivity (Wildman–Crippen MR) is 142 cm³/mol. The number of nitrogens with zero attached hydrogens (tertiary/aromatic N) is 5. The summed E-state index contributed by atoms with van der Waals surface area (Å²) in [6.07, 6.45) is -1.09. The number of hydrogen-bond acceptors (Lipinski definition) is 6. The van der Waals surface area contributed by atoms with Gasteiger partial charge in [0.1, 0.15) is 17.8 Å². The number of carbonyl (C=O) groups is 1. The van der Waals surface area contributed by atoms with Gasteiger partial charge < -0.3 is 10.6 Å². The summed E-state index contributed by atoms with van der Waals surface area (Å²) in [6.45, 7) is 3.84. The van der Waals surface area contributed by atoms with Crippen LogP contribution in [0.4, 0.5) is 19.0 Å². The van der Waals surface area contributed by atoms with Gasteiger partial charge in [-0.25, -0.2) is 14.6 Å². The van der Waals surface area contributed by atoms with Crippen molar-refractivity contribution in [1.82, 2.24) is 24.6 Å². The Morgan fingerprint density at radius 2 is 1.79 bits per heavy atom. The van der Waals surface area contributed by atoms with Gasteiger partial charge in [-0.05, 0) is 75.1 Å². The molecule has 1 aliphatic heterocycles. The zero-order chi connectivity index (χ0) is 27.7. The van der Waals surface area contributed by atoms with Crippen LogP contribution in [-0.2, 0) is 12.6 Å². The molecule has 3 heterocycles. The molecule has 0 radical (unpaired) electrons. The van der Waals surface area contributed by atoms with Crippen molar-refractivity contribution in [2.75, 3.05) is 25.9 Å². The van der Waals surface area contributed by atoms with E-state index in [0.717, 1.165) is 43.6 Å². The number of fused-ring (bicyclic) bond motifs is 1. The molecule has 0 amide bonds. The molecule has 200 valence electrons. The first-order valence-corrected chi connectivity index (χ1v) is 12.6. The summed E-state index contributed by atoms with van der Waals surface area (Å²) in [5.41, 5.74) is 9.13. The minimum Gasteiger partial charge on any atom is -0.383 e. The van der Waals surface area contributed by atoms with E-state index in [4.69, 9.17) is 10.8 Å². The van der Waals surface area contributed by atoms with Crippen LogP contribution in [0, 0.1) is 18.8 Å². The Labute approximate surface area is 223 Å². The Kier molecular flexibility index (Phi) is 7.10. The van der Waals surface area contributed by atoms with Gasteiger partial charge in [-0.3, -0.25) is 4.79 Å². The molecular formula is C29H27F3N6O. The summed E-state index contributed by atoms with van der Waals surface area (Å²) in [5.74, 6) is 6.35. The molecule has 10 heteroatoms. The van der Waals surface area contributed by atoms with Gasteiger partial charge in [-0.1, -0.05) is 30.2 Å². The van der Waals surface area contributed by atoms with Gasteiger partial charge in [0.25, 0.3) is 0 Å². The number of aryl methyl sites for hydroxylation is 1. The van der Waals surface area contributed by atoms with Crippen molar-refractivity contribution in [3.63, 3.8) is 0 Å². The molecule has 0 saturated carbocycles. The standard InChI is InChI=1S/C29H27F3N6O/c1-18-3-4-19(16-25(39)20-5-8-22(9-6-20)29(30,31)32)15-21(18)7-10-24-26-27(33)34-17-35-28(26)38(36-24)23-11-13-37(2)14-12-23/h3-6,8-9,15,17,23H,11-14,16H2,1-2H3,(H2,33,34,35). The number of alkyl halides is 3. The van der Waals surface area contributed by atoms with E-state index in [1.165, 1.54) is 18.5 Å². The minimum atomic E-state index is -4.45. The van der Waals surface area contributed by atoms with E-state index in [1.54, 1.807) is 0 Å². The van der Waals surface area contributed by atoms with E-state index in [-0.39, 0.29) is 23.8 Å². The van der Waals surface area contributed by atoms with Crippen LogP contribution in [0.1, 0.15) is 57.2 Å². The maximum Gasteiger partial charge on any atom is 0.416 e. The molecule has 2 aromatic heterocycles. The third kappa shape index (κ3) is 5.64. The van der Waals surface area contributed by atoms with E-state index in [1.807, 2.05) is 29.8 Å². The lowest BCUT2D eigenvalue weighted by Gasteiger charge is -2.29. The zero-order valence-electron chi connectivity index (χ0n) is 21.6. The first kappa shape index (κ1) is 26.4. The third-order valence-corrected chi connectivity index (χ3v) is 7.07. The Hall–Kier alpha value is -4.23. The van der Waals surface area contributed by atoms with Gasteiger partial charge in [0.2, 0.25) is 0 Å². The minimum absolute atomic E-state index is 0.0365. The maximum atomic E-state index is 12.8. The average molecular weight is 533 g/mol. The molecule has 0 unspecified atom stereocenters. The first-order valence-electron chi connectivity index (χ1n) is 12.6. The molecule has 1 fully saturated rings. The Morgan fingerprint density at radius 1 is 1.08 bits per heavy atom. The lowest BCUT2D eigenvalue weighted by Crippen LogP contribution is -2.32. The fourth-order valence-electron chi connectivity index (χ4n) is 4.75. The maximum absolute atomic E-state index is 12.8. The molecule has 5 rings (SSSR count). The van der Waals surface area contributed by atoms with Gasteiger partial charge in [-0.2, -0.15) is 18.3 Å². The van der Waals surface area contributed by atoms with Crippen LogP contribution in [-0.4, -0.2) is 50.6 Å². The fraction of sp³-hybridized carbons (Fsp3) is 0.310. The van der Waals surface area contributed by atoms with Gasteiger partial charge in [0, 0.05) is 17.5 Å². The number of nitrogens with two attached hydrogens (primary N) is 1. The smallest absolute Gasteiger partial charge is 0.383 e. The third-order valence-electron chi connectivity index (χ3n) is 7.07. The largest absolute Gasteiger partial charge is 0.416 e. The topological polar surface area (TPSA) is 89.9 Å². The zero-order valence-corrected chi connectivity index (χ0v) is 21.6. The molecule has 2 N–H and O–H groups in total. The number of likely N-dealkylation sites (tertiary alicyclic amines) is 1. The SMILES string of the molecule is Cc1ccc(CC(=O)c2ccc(C(F)(F)F)cc2)cc1C#Cc1nn(C2CCN(C)CC2)c2ncnc(N)c12. The molecule has 0 bridgehead atoms. The van der Waals surface area contributed by atoms with Crippen molar-refractivity contribution >= 4 is 22.6 Å². The Morgan fingerprint density at radius 3 is 2.49 bits per heavy atom. The monoisotopic (exact) mass is 532 g/mol. The number of halogens is 3. The highest BCUT2D eigenvalue weighted by molar-refractivity contribution is 5.97. The molecule has 1 aliphatic rings. The van der Waals surface area contributed by atoms with Gasteiger partial charge in [-0.15, -0.1) is 0 Å². The highest BCUT2D eigenvalue weighted by atomic mass is 19.4. The number of piperidine rings is 1. The molecule has 0 spiro atoms. The number of nitrogen functional groups attached to an aromatic ring is 1. The number of hydrogen-bond donors (Lipinski definition) is 1. The number of Topliss-reactive ketones (excluding diaryl/α,β-unsaturated/α-hetero) is 1. The summed E-state index contributed by atoms with van der Waals surface area (Å²) < 4.78 is 40.4. The summed E-state index contributed by atoms with van der Waals surface area (Å²) in [7, 11) is 2.10. The predicted octanol–water partition coefficient (Wildman–Crippen LogP) is 4.83. The van der Waals surface area contributed by atoms with Crippen molar-refractivity contribution in [2.45, 2.75) is 38.4 Å². The number of rotatable bonds is 4. The van der Waals surface area contributed by atoms with Gasteiger partial charge in [0.05, 0.1) is 17.0 Å². The van der Waals surface area contributed by atoms with Crippen molar-refractivity contribution in [2.24, 2.45) is 0 Å². The van der Waals surface area contributed by atoms with Crippen molar-refractivity contribution < 1.29 is 18.0 Å². The van der Waals surface area contributed by atoms with Crippen molar-refractivity contribution in [1.29, 1.82) is 0 Å². The van der Waals surface area contributed by atoms with Crippen LogP contribution < -0.4 is 5.73 Å². The fourth-order valence-corrected chi connectivity index (χ4v) is 4.75. The normalized spacial score (nSPS) is 14.8. The molecule has 1 saturated heterocycles. The highest BCUT2D eigenvalue weighted by Gasteiger charge is 2.30. The molecule has 4 aromatic rings. The lowest BCUT2D eigenvalue weighted by atomic mass is 9.98. The summed E-state index contributed by atoms with van der Waals surface area (Å²) in [6, 6.07) is 9.95.